The Hall–Kier alpha value is -2.83. The minimum Gasteiger partial charge on any atom is -0.488 e. The van der Waals surface area contributed by atoms with Gasteiger partial charge >= 0.3 is 0 Å². The maximum absolute atomic E-state index is 5.97. The minimum absolute atomic E-state index is 0.178. The summed E-state index contributed by atoms with van der Waals surface area (Å²) in [6.07, 6.45) is 5.17. The highest BCUT2D eigenvalue weighted by atomic mass is 17.2. The second kappa shape index (κ2) is 7.82. The van der Waals surface area contributed by atoms with Crippen molar-refractivity contribution < 1.29 is 14.5 Å². The lowest BCUT2D eigenvalue weighted by Crippen LogP contribution is -2.05. The van der Waals surface area contributed by atoms with E-state index in [0.29, 0.717) is 13.2 Å². The third-order valence-corrected chi connectivity index (χ3v) is 4.53. The quantitative estimate of drug-likeness (QED) is 0.503. The SMILES string of the molecule is COOCc1ccn2c(NCc3ccccc3)c(C3=CCC(C)O3)nc2c1. The summed E-state index contributed by atoms with van der Waals surface area (Å²) in [6, 6.07) is 14.3. The summed E-state index contributed by atoms with van der Waals surface area (Å²) < 4.78 is 8.01. The molecule has 3 aromatic rings. The van der Waals surface area contributed by atoms with Gasteiger partial charge in [0.05, 0.1) is 13.2 Å². The number of hydrogen-bond acceptors (Lipinski definition) is 5. The molecule has 0 spiro atoms. The molecule has 140 valence electrons. The first-order valence-electron chi connectivity index (χ1n) is 9.06. The third-order valence-electron chi connectivity index (χ3n) is 4.53. The first-order chi connectivity index (χ1) is 13.2. The predicted octanol–water partition coefficient (Wildman–Crippen LogP) is 4.17. The van der Waals surface area contributed by atoms with E-state index in [0.717, 1.165) is 34.9 Å². The van der Waals surface area contributed by atoms with Gasteiger partial charge in [0.2, 0.25) is 0 Å². The van der Waals surface area contributed by atoms with E-state index in [9.17, 15) is 0 Å². The van der Waals surface area contributed by atoms with Crippen molar-refractivity contribution in [3.05, 3.63) is 71.6 Å². The Morgan fingerprint density at radius 3 is 2.81 bits per heavy atom. The van der Waals surface area contributed by atoms with Crippen LogP contribution in [-0.4, -0.2) is 22.6 Å². The Kier molecular flexibility index (Phi) is 5.09. The average Bonchev–Trinajstić information content (AvgIpc) is 3.28. The van der Waals surface area contributed by atoms with Crippen molar-refractivity contribution in [2.24, 2.45) is 0 Å². The molecule has 0 aliphatic carbocycles. The number of imidazole rings is 1. The van der Waals surface area contributed by atoms with Crippen LogP contribution in [-0.2, 0) is 27.7 Å². The number of nitrogens with one attached hydrogen (secondary N) is 1. The molecule has 0 amide bonds. The Morgan fingerprint density at radius 2 is 2.07 bits per heavy atom. The van der Waals surface area contributed by atoms with E-state index in [1.54, 1.807) is 0 Å². The largest absolute Gasteiger partial charge is 0.488 e. The predicted molar refractivity (Wildman–Crippen MR) is 104 cm³/mol. The molecule has 0 fully saturated rings. The van der Waals surface area contributed by atoms with E-state index in [1.807, 2.05) is 40.9 Å². The zero-order valence-electron chi connectivity index (χ0n) is 15.5. The zero-order valence-corrected chi connectivity index (χ0v) is 15.5. The van der Waals surface area contributed by atoms with Gasteiger partial charge in [0.1, 0.15) is 29.5 Å². The molecule has 27 heavy (non-hydrogen) atoms. The number of benzene rings is 1. The van der Waals surface area contributed by atoms with Crippen molar-refractivity contribution in [3.8, 4) is 0 Å². The van der Waals surface area contributed by atoms with Crippen LogP contribution in [0.4, 0.5) is 5.82 Å². The Morgan fingerprint density at radius 1 is 1.22 bits per heavy atom. The number of hydrogen-bond donors (Lipinski definition) is 1. The third kappa shape index (κ3) is 3.82. The van der Waals surface area contributed by atoms with Gasteiger partial charge < -0.3 is 10.1 Å². The fourth-order valence-electron chi connectivity index (χ4n) is 3.16. The summed E-state index contributed by atoms with van der Waals surface area (Å²) in [5, 5.41) is 3.53. The van der Waals surface area contributed by atoms with Crippen molar-refractivity contribution in [3.63, 3.8) is 0 Å². The standard InChI is InChI=1S/C21H23N3O3/c1-15-8-9-18(27-15)20-21(22-13-16-6-4-3-5-7-16)24-11-10-17(14-26-25-2)12-19(24)23-20/h3-7,9-12,15,22H,8,13-14H2,1-2H3. The maximum atomic E-state index is 5.97. The number of aromatic nitrogens is 2. The van der Waals surface area contributed by atoms with Gasteiger partial charge in [-0.3, -0.25) is 4.40 Å². The van der Waals surface area contributed by atoms with Crippen LogP contribution in [0.15, 0.2) is 54.7 Å². The van der Waals surface area contributed by atoms with Gasteiger partial charge in [-0.15, -0.1) is 0 Å². The van der Waals surface area contributed by atoms with Crippen molar-refractivity contribution in [2.75, 3.05) is 12.4 Å². The van der Waals surface area contributed by atoms with Crippen LogP contribution in [0.1, 0.15) is 30.2 Å². The zero-order chi connectivity index (χ0) is 18.6. The van der Waals surface area contributed by atoms with Crippen molar-refractivity contribution >= 4 is 17.2 Å². The molecule has 1 atom stereocenters. The van der Waals surface area contributed by atoms with Crippen LogP contribution in [0.5, 0.6) is 0 Å². The van der Waals surface area contributed by atoms with E-state index in [1.165, 1.54) is 12.7 Å². The molecular formula is C21H23N3O3. The first kappa shape index (κ1) is 17.6. The van der Waals surface area contributed by atoms with Crippen LogP contribution in [0.25, 0.3) is 11.4 Å². The summed E-state index contributed by atoms with van der Waals surface area (Å²) >= 11 is 0. The fourth-order valence-corrected chi connectivity index (χ4v) is 3.16. The fraction of sp³-hybridized carbons (Fsp3) is 0.286. The van der Waals surface area contributed by atoms with Gasteiger partial charge in [0.15, 0.2) is 0 Å². The molecular weight excluding hydrogens is 342 g/mol. The molecule has 1 unspecified atom stereocenters. The van der Waals surface area contributed by atoms with Crippen molar-refractivity contribution in [2.45, 2.75) is 32.6 Å². The topological polar surface area (TPSA) is 57.0 Å². The van der Waals surface area contributed by atoms with Gasteiger partial charge in [0, 0.05) is 19.2 Å². The van der Waals surface area contributed by atoms with E-state index >= 15 is 0 Å². The molecule has 3 heterocycles. The molecule has 6 heteroatoms. The van der Waals surface area contributed by atoms with Gasteiger partial charge in [-0.1, -0.05) is 30.3 Å². The van der Waals surface area contributed by atoms with Crippen LogP contribution >= 0.6 is 0 Å². The summed E-state index contributed by atoms with van der Waals surface area (Å²) in [6.45, 7) is 3.15. The van der Waals surface area contributed by atoms with Crippen LogP contribution in [0.2, 0.25) is 0 Å². The monoisotopic (exact) mass is 365 g/mol. The molecule has 0 saturated heterocycles. The Labute approximate surface area is 158 Å². The molecule has 1 aliphatic heterocycles. The van der Waals surface area contributed by atoms with Crippen LogP contribution in [0, 0.1) is 0 Å². The van der Waals surface area contributed by atoms with Crippen LogP contribution in [0.3, 0.4) is 0 Å². The molecule has 4 rings (SSSR count). The molecule has 0 radical (unpaired) electrons. The molecule has 0 saturated carbocycles. The normalized spacial score (nSPS) is 16.4. The number of anilines is 1. The second-order valence-corrected chi connectivity index (χ2v) is 6.57. The molecule has 6 nitrogen and oxygen atoms in total. The number of rotatable bonds is 7. The minimum atomic E-state index is 0.178. The molecule has 1 aliphatic rings. The summed E-state index contributed by atoms with van der Waals surface area (Å²) in [4.78, 5) is 14.6. The smallest absolute Gasteiger partial charge is 0.148 e. The van der Waals surface area contributed by atoms with Gasteiger partial charge in [-0.05, 0) is 36.3 Å². The molecule has 2 aromatic heterocycles. The summed E-state index contributed by atoms with van der Waals surface area (Å²) in [7, 11) is 1.50. The molecule has 0 bridgehead atoms. The Balaban J connectivity index is 1.69. The number of pyridine rings is 1. The van der Waals surface area contributed by atoms with E-state index in [2.05, 4.69) is 30.4 Å². The number of fused-ring (bicyclic) bond motifs is 1. The highest BCUT2D eigenvalue weighted by Crippen LogP contribution is 2.32. The van der Waals surface area contributed by atoms with Crippen molar-refractivity contribution in [1.82, 2.24) is 9.38 Å². The lowest BCUT2D eigenvalue weighted by molar-refractivity contribution is -0.282. The van der Waals surface area contributed by atoms with Gasteiger partial charge in [0.25, 0.3) is 0 Å². The molecule has 1 aromatic carbocycles. The van der Waals surface area contributed by atoms with E-state index in [4.69, 9.17) is 19.5 Å². The number of nitrogens with zero attached hydrogens (tertiary/aromatic N) is 2. The number of ether oxygens (including phenoxy) is 1. The average molecular weight is 365 g/mol. The maximum Gasteiger partial charge on any atom is 0.148 e. The van der Waals surface area contributed by atoms with Crippen molar-refractivity contribution in [1.29, 1.82) is 0 Å². The van der Waals surface area contributed by atoms with E-state index in [-0.39, 0.29) is 6.10 Å². The van der Waals surface area contributed by atoms with Crippen LogP contribution < -0.4 is 5.32 Å². The highest BCUT2D eigenvalue weighted by Gasteiger charge is 2.22. The lowest BCUT2D eigenvalue weighted by atomic mass is 10.2. The summed E-state index contributed by atoms with van der Waals surface area (Å²) in [5.74, 6) is 1.75. The van der Waals surface area contributed by atoms with E-state index < -0.39 is 0 Å². The van der Waals surface area contributed by atoms with Gasteiger partial charge in [-0.2, -0.15) is 0 Å². The second-order valence-electron chi connectivity index (χ2n) is 6.57. The molecule has 1 N–H and O–H groups in total. The highest BCUT2D eigenvalue weighted by molar-refractivity contribution is 5.73. The summed E-state index contributed by atoms with van der Waals surface area (Å²) in [5.41, 5.74) is 3.87. The first-order valence-corrected chi connectivity index (χ1v) is 9.06. The lowest BCUT2D eigenvalue weighted by Gasteiger charge is -2.11. The van der Waals surface area contributed by atoms with Gasteiger partial charge in [-0.25, -0.2) is 14.8 Å². The Bertz CT molecular complexity index is 950.